The van der Waals surface area contributed by atoms with Gasteiger partial charge in [-0.2, -0.15) is 0 Å². The van der Waals surface area contributed by atoms with Gasteiger partial charge in [0.2, 0.25) is 0 Å². The molecule has 7 nitrogen and oxygen atoms in total. The van der Waals surface area contributed by atoms with Gasteiger partial charge in [0.25, 0.3) is 11.8 Å². The van der Waals surface area contributed by atoms with Crippen LogP contribution in [0.4, 0.5) is 10.5 Å². The van der Waals surface area contributed by atoms with Crippen LogP contribution < -0.4 is 19.7 Å². The van der Waals surface area contributed by atoms with Crippen molar-refractivity contribution >= 4 is 52.8 Å². The van der Waals surface area contributed by atoms with Crippen LogP contribution in [-0.4, -0.2) is 24.5 Å². The molecule has 0 saturated carbocycles. The van der Waals surface area contributed by atoms with Crippen LogP contribution in [0.3, 0.4) is 0 Å². The smallest absolute Gasteiger partial charge is 0.335 e. The maximum absolute atomic E-state index is 13.4. The highest BCUT2D eigenvalue weighted by Gasteiger charge is 2.37. The highest BCUT2D eigenvalue weighted by atomic mass is 35.5. The third-order valence-corrected chi connectivity index (χ3v) is 6.43. The van der Waals surface area contributed by atoms with Crippen molar-refractivity contribution in [2.24, 2.45) is 0 Å². The molecular formula is C30H26Cl2N2O5. The number of nitrogens with zero attached hydrogens (tertiary/aromatic N) is 1. The van der Waals surface area contributed by atoms with Gasteiger partial charge in [-0.15, -0.1) is 6.58 Å². The number of urea groups is 1. The van der Waals surface area contributed by atoms with Crippen LogP contribution in [-0.2, 0) is 22.6 Å². The van der Waals surface area contributed by atoms with E-state index in [9.17, 15) is 14.4 Å². The third kappa shape index (κ3) is 6.33. The van der Waals surface area contributed by atoms with Crippen molar-refractivity contribution in [3.8, 4) is 11.5 Å². The molecule has 1 saturated heterocycles. The lowest BCUT2D eigenvalue weighted by Crippen LogP contribution is -2.54. The van der Waals surface area contributed by atoms with Crippen LogP contribution in [0, 0.1) is 6.92 Å². The second kappa shape index (κ2) is 12.2. The molecule has 0 aromatic heterocycles. The molecule has 3 aromatic carbocycles. The summed E-state index contributed by atoms with van der Waals surface area (Å²) in [5.74, 6) is -0.591. The number of benzene rings is 3. The molecule has 200 valence electrons. The van der Waals surface area contributed by atoms with Crippen LogP contribution in [0.1, 0.15) is 29.2 Å². The van der Waals surface area contributed by atoms with Gasteiger partial charge in [0.15, 0.2) is 11.5 Å². The molecule has 39 heavy (non-hydrogen) atoms. The molecule has 4 rings (SSSR count). The van der Waals surface area contributed by atoms with Gasteiger partial charge >= 0.3 is 6.03 Å². The van der Waals surface area contributed by atoms with E-state index < -0.39 is 17.8 Å². The minimum Gasteiger partial charge on any atom is -0.490 e. The number of imide groups is 2. The fourth-order valence-corrected chi connectivity index (χ4v) is 4.40. The summed E-state index contributed by atoms with van der Waals surface area (Å²) in [5.41, 5.74) is 2.91. The van der Waals surface area contributed by atoms with Crippen LogP contribution in [0.15, 0.2) is 72.8 Å². The van der Waals surface area contributed by atoms with Gasteiger partial charge in [-0.1, -0.05) is 47.5 Å². The van der Waals surface area contributed by atoms with E-state index in [0.717, 1.165) is 16.0 Å². The van der Waals surface area contributed by atoms with Gasteiger partial charge in [0.1, 0.15) is 12.2 Å². The SMILES string of the molecule is C=CCc1cc(/C=C2\C(=O)NC(=O)N(c3cc(Cl)ccc3C)C2=O)cc(OCC)c1OCc1ccc(Cl)cc1. The predicted molar refractivity (Wildman–Crippen MR) is 152 cm³/mol. The number of aryl methyl sites for hydroxylation is 1. The molecule has 9 heteroatoms. The Morgan fingerprint density at radius 1 is 0.974 bits per heavy atom. The average molecular weight is 565 g/mol. The Labute approximate surface area is 236 Å². The molecule has 1 heterocycles. The number of carbonyl (C=O) groups excluding carboxylic acids is 3. The molecule has 0 bridgehead atoms. The number of carbonyl (C=O) groups is 3. The molecule has 0 atom stereocenters. The van der Waals surface area contributed by atoms with Crippen LogP contribution in [0.25, 0.3) is 6.08 Å². The lowest BCUT2D eigenvalue weighted by Gasteiger charge is -2.27. The summed E-state index contributed by atoms with van der Waals surface area (Å²) in [6.45, 7) is 8.06. The number of hydrogen-bond acceptors (Lipinski definition) is 5. The number of allylic oxidation sites excluding steroid dienone is 1. The minimum atomic E-state index is -0.846. The van der Waals surface area contributed by atoms with Crippen molar-refractivity contribution in [3.05, 3.63) is 105 Å². The number of anilines is 1. The molecular weight excluding hydrogens is 539 g/mol. The Bertz CT molecular complexity index is 1480. The lowest BCUT2D eigenvalue weighted by atomic mass is 10.0. The summed E-state index contributed by atoms with van der Waals surface area (Å²) in [6.07, 6.45) is 3.59. The summed E-state index contributed by atoms with van der Waals surface area (Å²) in [6, 6.07) is 14.8. The van der Waals surface area contributed by atoms with E-state index >= 15 is 0 Å². The van der Waals surface area contributed by atoms with E-state index in [1.807, 2.05) is 19.1 Å². The maximum atomic E-state index is 13.4. The van der Waals surface area contributed by atoms with Crippen LogP contribution >= 0.6 is 23.2 Å². The Morgan fingerprint density at radius 2 is 1.69 bits per heavy atom. The minimum absolute atomic E-state index is 0.212. The van der Waals surface area contributed by atoms with E-state index in [-0.39, 0.29) is 17.9 Å². The Hall–Kier alpha value is -4.07. The van der Waals surface area contributed by atoms with Crippen LogP contribution in [0.2, 0.25) is 10.0 Å². The first-order valence-electron chi connectivity index (χ1n) is 12.2. The van der Waals surface area contributed by atoms with Crippen molar-refractivity contribution in [3.63, 3.8) is 0 Å². The lowest BCUT2D eigenvalue weighted by molar-refractivity contribution is -0.122. The second-order valence-electron chi connectivity index (χ2n) is 8.74. The zero-order valence-corrected chi connectivity index (χ0v) is 22.9. The van der Waals surface area contributed by atoms with Gasteiger partial charge < -0.3 is 9.47 Å². The van der Waals surface area contributed by atoms with Crippen LogP contribution in [0.5, 0.6) is 11.5 Å². The Morgan fingerprint density at radius 3 is 2.38 bits per heavy atom. The number of ether oxygens (including phenoxy) is 2. The van der Waals surface area contributed by atoms with Gasteiger partial charge in [-0.05, 0) is 79.4 Å². The number of nitrogens with one attached hydrogen (secondary N) is 1. The average Bonchev–Trinajstić information content (AvgIpc) is 2.89. The van der Waals surface area contributed by atoms with E-state index in [4.69, 9.17) is 32.7 Å². The van der Waals surface area contributed by atoms with Crippen molar-refractivity contribution < 1.29 is 23.9 Å². The molecule has 4 amide bonds. The zero-order chi connectivity index (χ0) is 28.1. The van der Waals surface area contributed by atoms with E-state index in [1.165, 1.54) is 12.1 Å². The van der Waals surface area contributed by atoms with Crippen molar-refractivity contribution in [2.75, 3.05) is 11.5 Å². The van der Waals surface area contributed by atoms with Crippen molar-refractivity contribution in [1.29, 1.82) is 0 Å². The zero-order valence-electron chi connectivity index (χ0n) is 21.4. The van der Waals surface area contributed by atoms with E-state index in [2.05, 4.69) is 11.9 Å². The largest absolute Gasteiger partial charge is 0.490 e. The maximum Gasteiger partial charge on any atom is 0.335 e. The summed E-state index contributed by atoms with van der Waals surface area (Å²) >= 11 is 12.1. The molecule has 3 aromatic rings. The molecule has 1 aliphatic heterocycles. The fourth-order valence-electron chi connectivity index (χ4n) is 4.10. The number of barbiturate groups is 1. The quantitative estimate of drug-likeness (QED) is 0.178. The summed E-state index contributed by atoms with van der Waals surface area (Å²) in [4.78, 5) is 39.8. The number of halogens is 2. The third-order valence-electron chi connectivity index (χ3n) is 5.94. The van der Waals surface area contributed by atoms with E-state index in [0.29, 0.717) is 45.7 Å². The highest BCUT2D eigenvalue weighted by Crippen LogP contribution is 2.36. The van der Waals surface area contributed by atoms with E-state index in [1.54, 1.807) is 49.4 Å². The highest BCUT2D eigenvalue weighted by molar-refractivity contribution is 6.39. The molecule has 0 radical (unpaired) electrons. The van der Waals surface area contributed by atoms with Gasteiger partial charge in [-0.25, -0.2) is 9.69 Å². The summed E-state index contributed by atoms with van der Waals surface area (Å²) < 4.78 is 12.0. The molecule has 0 unspecified atom stereocenters. The number of amides is 4. The fraction of sp³-hybridized carbons (Fsp3) is 0.167. The first kappa shape index (κ1) is 28.0. The van der Waals surface area contributed by atoms with Gasteiger partial charge in [-0.3, -0.25) is 14.9 Å². The molecule has 1 N–H and O–H groups in total. The summed E-state index contributed by atoms with van der Waals surface area (Å²) in [5, 5.41) is 3.22. The van der Waals surface area contributed by atoms with Crippen molar-refractivity contribution in [1.82, 2.24) is 5.32 Å². The Balaban J connectivity index is 1.73. The number of hydrogen-bond donors (Lipinski definition) is 1. The standard InChI is InChI=1S/C30H26Cl2N2O5/c1-4-6-21-13-20(15-26(38-5-2)27(21)39-17-19-8-11-22(31)12-9-19)14-24-28(35)33-30(37)34(29(24)36)25-16-23(32)10-7-18(25)3/h4,7-16H,1,5-6,17H2,2-3H3,(H,33,35,37)/b24-14+. The number of rotatable bonds is 9. The molecule has 0 aliphatic carbocycles. The van der Waals surface area contributed by atoms with Crippen molar-refractivity contribution in [2.45, 2.75) is 26.9 Å². The Kier molecular flexibility index (Phi) is 8.74. The van der Waals surface area contributed by atoms with Gasteiger partial charge in [0.05, 0.1) is 12.3 Å². The molecule has 1 fully saturated rings. The normalized spacial score (nSPS) is 14.4. The molecule has 1 aliphatic rings. The predicted octanol–water partition coefficient (Wildman–Crippen LogP) is 6.67. The monoisotopic (exact) mass is 564 g/mol. The second-order valence-corrected chi connectivity index (χ2v) is 9.61. The first-order valence-corrected chi connectivity index (χ1v) is 12.9. The topological polar surface area (TPSA) is 84.9 Å². The first-order chi connectivity index (χ1) is 18.7. The van der Waals surface area contributed by atoms with Gasteiger partial charge in [0, 0.05) is 15.6 Å². The summed E-state index contributed by atoms with van der Waals surface area (Å²) in [7, 11) is 0. The molecule has 0 spiro atoms.